The number of benzene rings is 1. The predicted molar refractivity (Wildman–Crippen MR) is 103 cm³/mol. The molecule has 1 saturated carbocycles. The lowest BCUT2D eigenvalue weighted by Crippen LogP contribution is -2.56. The fourth-order valence-corrected chi connectivity index (χ4v) is 4.47. The van der Waals surface area contributed by atoms with Crippen LogP contribution in [0.4, 0.5) is 0 Å². The third-order valence-corrected chi connectivity index (χ3v) is 5.87. The number of aromatic hydroxyl groups is 1. The molecule has 1 aromatic carbocycles. The second-order valence-electron chi connectivity index (χ2n) is 8.21. The minimum absolute atomic E-state index is 0.00346. The van der Waals surface area contributed by atoms with Crippen LogP contribution in [0.25, 0.3) is 10.9 Å². The lowest BCUT2D eigenvalue weighted by atomic mass is 9.66. The highest BCUT2D eigenvalue weighted by Gasteiger charge is 2.48. The fourth-order valence-electron chi connectivity index (χ4n) is 4.47. The van der Waals surface area contributed by atoms with Crippen molar-refractivity contribution in [3.8, 4) is 5.75 Å². The molecule has 1 heterocycles. The number of phenols is 1. The molecule has 26 heavy (non-hydrogen) atoms. The minimum atomic E-state index is -1.27. The Morgan fingerprint density at radius 3 is 2.88 bits per heavy atom. The van der Waals surface area contributed by atoms with Crippen molar-refractivity contribution < 1.29 is 15.0 Å². The second-order valence-corrected chi connectivity index (χ2v) is 8.21. The Hall–Kier alpha value is -2.01. The summed E-state index contributed by atoms with van der Waals surface area (Å²) in [7, 11) is 0. The largest absolute Gasteiger partial charge is 0.508 e. The maximum absolute atomic E-state index is 12.8. The molecular weight excluding hydrogens is 328 g/mol. The number of rotatable bonds is 5. The zero-order chi connectivity index (χ0) is 18.9. The number of hydrogen-bond acceptors (Lipinski definition) is 3. The average molecular weight is 358 g/mol. The van der Waals surface area contributed by atoms with Crippen LogP contribution in [0, 0.1) is 17.8 Å². The first-order valence-electron chi connectivity index (χ1n) is 9.61. The molecule has 0 bridgehead atoms. The molecule has 1 aliphatic carbocycles. The highest BCUT2D eigenvalue weighted by atomic mass is 16.3. The van der Waals surface area contributed by atoms with Gasteiger partial charge in [-0.2, -0.15) is 0 Å². The van der Waals surface area contributed by atoms with Crippen molar-refractivity contribution in [3.63, 3.8) is 0 Å². The number of nitrogens with one attached hydrogen (secondary N) is 2. The van der Waals surface area contributed by atoms with E-state index < -0.39 is 5.60 Å². The zero-order valence-corrected chi connectivity index (χ0v) is 15.9. The number of hydrogen-bond donors (Lipinski definition) is 4. The maximum atomic E-state index is 12.8. The summed E-state index contributed by atoms with van der Waals surface area (Å²) in [5, 5.41) is 24.7. The van der Waals surface area contributed by atoms with Gasteiger partial charge in [0.25, 0.3) is 5.91 Å². The highest BCUT2D eigenvalue weighted by Crippen LogP contribution is 2.41. The lowest BCUT2D eigenvalue weighted by molar-refractivity contribution is -0.155. The summed E-state index contributed by atoms with van der Waals surface area (Å²) in [4.78, 5) is 16.0. The monoisotopic (exact) mass is 358 g/mol. The average Bonchev–Trinajstić information content (AvgIpc) is 2.96. The van der Waals surface area contributed by atoms with Crippen LogP contribution in [0.3, 0.4) is 0 Å². The Bertz CT molecular complexity index is 783. The van der Waals surface area contributed by atoms with Gasteiger partial charge in [0.15, 0.2) is 0 Å². The third kappa shape index (κ3) is 3.58. The molecule has 2 aromatic rings. The van der Waals surface area contributed by atoms with Crippen molar-refractivity contribution >= 4 is 16.8 Å². The van der Waals surface area contributed by atoms with Crippen LogP contribution in [-0.4, -0.2) is 33.3 Å². The number of aliphatic hydroxyl groups is 1. The van der Waals surface area contributed by atoms with Gasteiger partial charge in [0.05, 0.1) is 0 Å². The molecule has 3 rings (SSSR count). The first-order valence-corrected chi connectivity index (χ1v) is 9.61. The standard InChI is InChI=1S/C21H30N2O3/c1-13(2)18-6-4-14(3)11-21(18,26)20(25)22-9-8-15-12-23-19-7-5-16(24)10-17(15)19/h5,7,10,12-14,18,23-24,26H,4,6,8-9,11H2,1-3H3,(H,22,25)/t14?,18?,21-/m1/s1. The van der Waals surface area contributed by atoms with E-state index in [1.807, 2.05) is 12.3 Å². The molecule has 2 unspecified atom stereocenters. The number of aromatic amines is 1. The lowest BCUT2D eigenvalue weighted by Gasteiger charge is -2.43. The van der Waals surface area contributed by atoms with Crippen molar-refractivity contribution in [2.45, 2.75) is 52.1 Å². The quantitative estimate of drug-likeness (QED) is 0.661. The van der Waals surface area contributed by atoms with Crippen molar-refractivity contribution in [1.29, 1.82) is 0 Å². The van der Waals surface area contributed by atoms with E-state index in [2.05, 4.69) is 31.1 Å². The van der Waals surface area contributed by atoms with Crippen LogP contribution in [-0.2, 0) is 11.2 Å². The van der Waals surface area contributed by atoms with Crippen LogP contribution >= 0.6 is 0 Å². The Morgan fingerprint density at radius 1 is 1.38 bits per heavy atom. The Labute approximate surface area is 154 Å². The van der Waals surface area contributed by atoms with Gasteiger partial charge in [-0.3, -0.25) is 4.79 Å². The van der Waals surface area contributed by atoms with Gasteiger partial charge in [0.1, 0.15) is 11.4 Å². The first-order chi connectivity index (χ1) is 12.3. The number of carbonyl (C=O) groups excluding carboxylic acids is 1. The molecule has 5 nitrogen and oxygen atoms in total. The van der Waals surface area contributed by atoms with E-state index in [1.165, 1.54) is 0 Å². The molecule has 3 atom stereocenters. The molecule has 1 aliphatic rings. The van der Waals surface area contributed by atoms with Gasteiger partial charge in [0, 0.05) is 23.6 Å². The van der Waals surface area contributed by atoms with E-state index >= 15 is 0 Å². The summed E-state index contributed by atoms with van der Waals surface area (Å²) in [6.07, 6.45) is 5.04. The summed E-state index contributed by atoms with van der Waals surface area (Å²) < 4.78 is 0. The summed E-state index contributed by atoms with van der Waals surface area (Å²) >= 11 is 0. The summed E-state index contributed by atoms with van der Waals surface area (Å²) in [6, 6.07) is 5.22. The van der Waals surface area contributed by atoms with E-state index in [4.69, 9.17) is 0 Å². The van der Waals surface area contributed by atoms with E-state index in [1.54, 1.807) is 12.1 Å². The van der Waals surface area contributed by atoms with Crippen LogP contribution in [0.1, 0.15) is 45.6 Å². The van der Waals surface area contributed by atoms with E-state index in [0.717, 1.165) is 29.3 Å². The Kier molecular flexibility index (Phi) is 5.28. The minimum Gasteiger partial charge on any atom is -0.508 e. The second kappa shape index (κ2) is 7.31. The Morgan fingerprint density at radius 2 is 2.15 bits per heavy atom. The Balaban J connectivity index is 1.66. The first kappa shape index (κ1) is 18.8. The molecule has 0 spiro atoms. The molecular formula is C21H30N2O3. The summed E-state index contributed by atoms with van der Waals surface area (Å²) in [5.74, 6) is 0.619. The van der Waals surface area contributed by atoms with Gasteiger partial charge in [-0.1, -0.05) is 27.2 Å². The predicted octanol–water partition coefficient (Wildman–Crippen LogP) is 3.36. The summed E-state index contributed by atoms with van der Waals surface area (Å²) in [5.41, 5.74) is 0.731. The smallest absolute Gasteiger partial charge is 0.252 e. The highest BCUT2D eigenvalue weighted by molar-refractivity contribution is 5.86. The fraction of sp³-hybridized carbons (Fsp3) is 0.571. The SMILES string of the molecule is CC1CCC(C(C)C)[C@@](O)(C(=O)NCCc2c[nH]c3ccc(O)cc23)C1. The van der Waals surface area contributed by atoms with Crippen molar-refractivity contribution in [2.75, 3.05) is 6.54 Å². The normalized spacial score (nSPS) is 26.3. The van der Waals surface area contributed by atoms with Crippen LogP contribution < -0.4 is 5.32 Å². The molecule has 1 fully saturated rings. The van der Waals surface area contributed by atoms with E-state index in [0.29, 0.717) is 25.3 Å². The van der Waals surface area contributed by atoms with Crippen LogP contribution in [0.15, 0.2) is 24.4 Å². The number of phenolic OH excluding ortho intramolecular Hbond substituents is 1. The molecule has 0 aliphatic heterocycles. The van der Waals surface area contributed by atoms with E-state index in [-0.39, 0.29) is 23.5 Å². The molecule has 0 radical (unpaired) electrons. The molecule has 0 saturated heterocycles. The van der Waals surface area contributed by atoms with Gasteiger partial charge < -0.3 is 20.5 Å². The molecule has 1 aromatic heterocycles. The van der Waals surface area contributed by atoms with Gasteiger partial charge in [-0.15, -0.1) is 0 Å². The molecule has 142 valence electrons. The van der Waals surface area contributed by atoms with Crippen molar-refractivity contribution in [2.24, 2.45) is 17.8 Å². The molecule has 5 heteroatoms. The van der Waals surface area contributed by atoms with Crippen LogP contribution in [0.5, 0.6) is 5.75 Å². The number of amides is 1. The molecule has 4 N–H and O–H groups in total. The van der Waals surface area contributed by atoms with Gasteiger partial charge >= 0.3 is 0 Å². The van der Waals surface area contributed by atoms with Gasteiger partial charge in [0.2, 0.25) is 0 Å². The van der Waals surface area contributed by atoms with E-state index in [9.17, 15) is 15.0 Å². The molecule has 1 amide bonds. The van der Waals surface area contributed by atoms with Crippen molar-refractivity contribution in [3.05, 3.63) is 30.0 Å². The number of H-pyrrole nitrogens is 1. The van der Waals surface area contributed by atoms with Crippen LogP contribution in [0.2, 0.25) is 0 Å². The summed E-state index contributed by atoms with van der Waals surface area (Å²) in [6.45, 7) is 6.73. The maximum Gasteiger partial charge on any atom is 0.252 e. The van der Waals surface area contributed by atoms with Crippen molar-refractivity contribution in [1.82, 2.24) is 10.3 Å². The topological polar surface area (TPSA) is 85.4 Å². The van der Waals surface area contributed by atoms with Gasteiger partial charge in [-0.25, -0.2) is 0 Å². The number of aromatic nitrogens is 1. The number of fused-ring (bicyclic) bond motifs is 1. The number of carbonyl (C=O) groups is 1. The third-order valence-electron chi connectivity index (χ3n) is 5.87. The van der Waals surface area contributed by atoms with Gasteiger partial charge in [-0.05, 0) is 60.8 Å². The zero-order valence-electron chi connectivity index (χ0n) is 15.9.